The molecule has 0 N–H and O–H groups in total. The second-order valence-corrected chi connectivity index (χ2v) is 3.57. The number of nitrogens with zero attached hydrogens (tertiary/aromatic N) is 1. The molecule has 2 heterocycles. The van der Waals surface area contributed by atoms with Crippen LogP contribution in [0.15, 0.2) is 11.8 Å². The van der Waals surface area contributed by atoms with Gasteiger partial charge in [0, 0.05) is 11.8 Å². The quantitative estimate of drug-likeness (QED) is 0.446. The molecule has 12 heavy (non-hydrogen) atoms. The molecule has 0 amide bonds. The van der Waals surface area contributed by atoms with Gasteiger partial charge < -0.3 is 9.47 Å². The van der Waals surface area contributed by atoms with Crippen molar-refractivity contribution in [1.29, 1.82) is 0 Å². The maximum atomic E-state index is 10.5. The summed E-state index contributed by atoms with van der Waals surface area (Å²) in [5.74, 6) is 0.580. The van der Waals surface area contributed by atoms with Crippen LogP contribution in [0, 0.1) is 10.1 Å². The van der Waals surface area contributed by atoms with Crippen LogP contribution in [0.4, 0.5) is 0 Å². The molecule has 0 radical (unpaired) electrons. The van der Waals surface area contributed by atoms with Gasteiger partial charge in [-0.05, 0) is 0 Å². The van der Waals surface area contributed by atoms with E-state index >= 15 is 0 Å². The fourth-order valence-electron chi connectivity index (χ4n) is 1.24. The molecule has 2 aliphatic rings. The molecule has 1 spiro atoms. The molecule has 5 nitrogen and oxygen atoms in total. The van der Waals surface area contributed by atoms with E-state index in [1.165, 1.54) is 17.8 Å². The molecule has 0 bridgehead atoms. The predicted molar refractivity (Wildman–Crippen MR) is 42.2 cm³/mol. The highest BCUT2D eigenvalue weighted by molar-refractivity contribution is 8.00. The van der Waals surface area contributed by atoms with Gasteiger partial charge in [0.2, 0.25) is 0 Å². The zero-order chi connectivity index (χ0) is 8.60. The zero-order valence-electron chi connectivity index (χ0n) is 6.19. The lowest BCUT2D eigenvalue weighted by Crippen LogP contribution is -2.29. The SMILES string of the molecule is O=[N+]([O-])C1=CCSC12OCCO2. The molecule has 1 fully saturated rings. The Balaban J connectivity index is 2.26. The van der Waals surface area contributed by atoms with Crippen molar-refractivity contribution in [2.45, 2.75) is 5.12 Å². The Kier molecular flexibility index (Phi) is 1.82. The number of rotatable bonds is 1. The van der Waals surface area contributed by atoms with Crippen molar-refractivity contribution >= 4 is 11.8 Å². The summed E-state index contributed by atoms with van der Waals surface area (Å²) in [5.41, 5.74) is 0.0324. The fourth-order valence-corrected chi connectivity index (χ4v) is 2.34. The van der Waals surface area contributed by atoms with Crippen molar-refractivity contribution in [2.24, 2.45) is 0 Å². The van der Waals surface area contributed by atoms with E-state index in [2.05, 4.69) is 0 Å². The third-order valence-electron chi connectivity index (χ3n) is 1.73. The third-order valence-corrected chi connectivity index (χ3v) is 2.89. The molecule has 2 aliphatic heterocycles. The van der Waals surface area contributed by atoms with Crippen LogP contribution in [-0.4, -0.2) is 29.0 Å². The Morgan fingerprint density at radius 3 is 2.83 bits per heavy atom. The van der Waals surface area contributed by atoms with Crippen LogP contribution in [0.2, 0.25) is 0 Å². The molecule has 0 unspecified atom stereocenters. The average molecular weight is 189 g/mol. The summed E-state index contributed by atoms with van der Waals surface area (Å²) in [6.45, 7) is 0.857. The largest absolute Gasteiger partial charge is 0.330 e. The summed E-state index contributed by atoms with van der Waals surface area (Å²) in [6.07, 6.45) is 1.54. The van der Waals surface area contributed by atoms with Crippen LogP contribution < -0.4 is 0 Å². The van der Waals surface area contributed by atoms with Gasteiger partial charge in [-0.15, -0.1) is 0 Å². The lowest BCUT2D eigenvalue weighted by atomic mass is 10.4. The zero-order valence-corrected chi connectivity index (χ0v) is 7.00. The van der Waals surface area contributed by atoms with Crippen molar-refractivity contribution in [3.8, 4) is 0 Å². The minimum absolute atomic E-state index is 0.0324. The van der Waals surface area contributed by atoms with Gasteiger partial charge in [-0.1, -0.05) is 11.8 Å². The van der Waals surface area contributed by atoms with E-state index in [4.69, 9.17) is 9.47 Å². The summed E-state index contributed by atoms with van der Waals surface area (Å²) in [4.78, 5) is 10.1. The van der Waals surface area contributed by atoms with Gasteiger partial charge in [0.15, 0.2) is 0 Å². The topological polar surface area (TPSA) is 61.6 Å². The lowest BCUT2D eigenvalue weighted by molar-refractivity contribution is -0.448. The van der Waals surface area contributed by atoms with E-state index in [9.17, 15) is 10.1 Å². The van der Waals surface area contributed by atoms with Crippen molar-refractivity contribution in [3.63, 3.8) is 0 Å². The van der Waals surface area contributed by atoms with Gasteiger partial charge in [-0.2, -0.15) is 0 Å². The highest BCUT2D eigenvalue weighted by Gasteiger charge is 2.52. The van der Waals surface area contributed by atoms with Gasteiger partial charge in [0.25, 0.3) is 0 Å². The van der Waals surface area contributed by atoms with E-state index in [1.54, 1.807) is 0 Å². The molecule has 0 aromatic heterocycles. The average Bonchev–Trinajstić information content (AvgIpc) is 2.61. The highest BCUT2D eigenvalue weighted by Crippen LogP contribution is 2.43. The Morgan fingerprint density at radius 2 is 2.25 bits per heavy atom. The molecule has 2 rings (SSSR count). The smallest absolute Gasteiger partial charge is 0.313 e. The summed E-state index contributed by atoms with van der Waals surface area (Å²) < 4.78 is 10.4. The van der Waals surface area contributed by atoms with E-state index < -0.39 is 10.0 Å². The van der Waals surface area contributed by atoms with Crippen molar-refractivity contribution < 1.29 is 14.4 Å². The Labute approximate surface area is 72.9 Å². The summed E-state index contributed by atoms with van der Waals surface area (Å²) in [6, 6.07) is 0. The number of thioether (sulfide) groups is 1. The first-order chi connectivity index (χ1) is 5.75. The maximum Gasteiger partial charge on any atom is 0.313 e. The van der Waals surface area contributed by atoms with Crippen LogP contribution in [0.25, 0.3) is 0 Å². The van der Waals surface area contributed by atoms with Gasteiger partial charge in [-0.3, -0.25) is 10.1 Å². The molecular formula is C6H7NO4S. The molecule has 0 aliphatic carbocycles. The monoisotopic (exact) mass is 189 g/mol. The second kappa shape index (κ2) is 2.72. The van der Waals surface area contributed by atoms with Crippen LogP contribution in [-0.2, 0) is 9.47 Å². The Hall–Kier alpha value is -0.590. The molecule has 0 aromatic rings. The van der Waals surface area contributed by atoms with Crippen LogP contribution in [0.3, 0.4) is 0 Å². The summed E-state index contributed by atoms with van der Waals surface area (Å²) in [7, 11) is 0. The summed E-state index contributed by atoms with van der Waals surface area (Å²) in [5, 5.41) is 9.43. The van der Waals surface area contributed by atoms with E-state index in [0.29, 0.717) is 19.0 Å². The number of nitro groups is 1. The van der Waals surface area contributed by atoms with Gasteiger partial charge in [-0.25, -0.2) is 0 Å². The van der Waals surface area contributed by atoms with Gasteiger partial charge in [0.05, 0.1) is 18.1 Å². The van der Waals surface area contributed by atoms with Gasteiger partial charge in [0.1, 0.15) is 0 Å². The van der Waals surface area contributed by atoms with Crippen LogP contribution in [0.1, 0.15) is 0 Å². The molecule has 0 saturated carbocycles. The predicted octanol–water partition coefficient (Wildman–Crippen LogP) is 0.594. The van der Waals surface area contributed by atoms with E-state index in [0.717, 1.165) is 0 Å². The first kappa shape index (κ1) is 8.03. The van der Waals surface area contributed by atoms with Crippen molar-refractivity contribution in [3.05, 3.63) is 21.9 Å². The molecule has 0 atom stereocenters. The van der Waals surface area contributed by atoms with Gasteiger partial charge >= 0.3 is 10.8 Å². The Morgan fingerprint density at radius 1 is 1.58 bits per heavy atom. The third kappa shape index (κ3) is 1.03. The first-order valence-corrected chi connectivity index (χ1v) is 4.50. The molecule has 66 valence electrons. The highest BCUT2D eigenvalue weighted by atomic mass is 32.2. The van der Waals surface area contributed by atoms with Crippen molar-refractivity contribution in [2.75, 3.05) is 19.0 Å². The molecular weight excluding hydrogens is 182 g/mol. The fraction of sp³-hybridized carbons (Fsp3) is 0.667. The number of ether oxygens (including phenoxy) is 2. The Bertz CT molecular complexity index is 246. The number of hydrogen-bond donors (Lipinski definition) is 0. The standard InChI is InChI=1S/C6H7NO4S/c8-7(9)5-1-4-12-6(5)10-2-3-11-6/h1H,2-4H2. The molecule has 6 heteroatoms. The minimum atomic E-state index is -1.09. The lowest BCUT2D eigenvalue weighted by Gasteiger charge is -2.17. The summed E-state index contributed by atoms with van der Waals surface area (Å²) >= 11 is 1.31. The molecule has 1 saturated heterocycles. The first-order valence-electron chi connectivity index (χ1n) is 3.51. The van der Waals surface area contributed by atoms with Crippen molar-refractivity contribution in [1.82, 2.24) is 0 Å². The van der Waals surface area contributed by atoms with Crippen LogP contribution in [0.5, 0.6) is 0 Å². The maximum absolute atomic E-state index is 10.5. The van der Waals surface area contributed by atoms with Crippen LogP contribution >= 0.6 is 11.8 Å². The number of hydrogen-bond acceptors (Lipinski definition) is 5. The van der Waals surface area contributed by atoms with E-state index in [-0.39, 0.29) is 5.70 Å². The second-order valence-electron chi connectivity index (χ2n) is 2.41. The molecule has 0 aromatic carbocycles. The van der Waals surface area contributed by atoms with E-state index in [1.807, 2.05) is 0 Å². The normalized spacial score (nSPS) is 26.2. The minimum Gasteiger partial charge on any atom is -0.330 e.